The van der Waals surface area contributed by atoms with E-state index < -0.39 is 53.0 Å². The van der Waals surface area contributed by atoms with Gasteiger partial charge < -0.3 is 15.0 Å². The molecule has 40 heavy (non-hydrogen) atoms. The summed E-state index contributed by atoms with van der Waals surface area (Å²) in [6.07, 6.45) is 5.39. The van der Waals surface area contributed by atoms with Gasteiger partial charge in [0.25, 0.3) is 5.91 Å². The largest absolute Gasteiger partial charge is 0.444 e. The molecular weight excluding hydrogens is 508 g/mol. The van der Waals surface area contributed by atoms with E-state index in [-0.39, 0.29) is 6.54 Å². The summed E-state index contributed by atoms with van der Waals surface area (Å²) >= 11 is 0. The first-order chi connectivity index (χ1) is 18.6. The molecule has 0 aromatic heterocycles. The Balaban J connectivity index is 1.88. The Kier molecular flexibility index (Phi) is 9.27. The highest BCUT2D eigenvalue weighted by Gasteiger charge is 2.44. The van der Waals surface area contributed by atoms with Gasteiger partial charge in [-0.1, -0.05) is 45.0 Å². The highest BCUT2D eigenvalue weighted by Crippen LogP contribution is 2.36. The lowest BCUT2D eigenvalue weighted by molar-refractivity contribution is -0.143. The Hall–Kier alpha value is -3.49. The Morgan fingerprint density at radius 1 is 1.10 bits per heavy atom. The molecule has 1 heterocycles. The number of hydrogen-bond acceptors (Lipinski definition) is 5. The maximum atomic E-state index is 14.1. The number of nitrogens with one attached hydrogen (secondary N) is 1. The van der Waals surface area contributed by atoms with Crippen molar-refractivity contribution < 1.29 is 23.9 Å². The van der Waals surface area contributed by atoms with E-state index in [4.69, 9.17) is 4.74 Å². The molecule has 0 fully saturated rings. The van der Waals surface area contributed by atoms with Crippen LogP contribution in [0.5, 0.6) is 0 Å². The topological polar surface area (TPSA) is 108 Å². The van der Waals surface area contributed by atoms with Crippen LogP contribution in [0.15, 0.2) is 29.3 Å². The summed E-state index contributed by atoms with van der Waals surface area (Å²) in [6, 6.07) is 3.33. The number of amides is 4. The van der Waals surface area contributed by atoms with Crippen molar-refractivity contribution in [2.24, 2.45) is 10.4 Å². The number of nitrogens with zero attached hydrogens (tertiary/aromatic N) is 3. The van der Waals surface area contributed by atoms with Crippen LogP contribution in [0.2, 0.25) is 0 Å². The lowest BCUT2D eigenvalue weighted by atomic mass is 9.83. The zero-order valence-electron chi connectivity index (χ0n) is 25.2. The fraction of sp³-hybridized carbons (Fsp3) is 0.581. The van der Waals surface area contributed by atoms with Gasteiger partial charge in [-0.3, -0.25) is 19.3 Å². The second kappa shape index (κ2) is 11.9. The minimum Gasteiger partial charge on any atom is -0.444 e. The van der Waals surface area contributed by atoms with Crippen molar-refractivity contribution in [3.05, 3.63) is 41.0 Å². The molecule has 2 aliphatic rings. The van der Waals surface area contributed by atoms with Gasteiger partial charge in [-0.05, 0) is 87.8 Å². The zero-order valence-corrected chi connectivity index (χ0v) is 25.2. The first-order valence-electron chi connectivity index (χ1n) is 13.9. The Bertz CT molecular complexity index is 1210. The first kappa shape index (κ1) is 31.0. The van der Waals surface area contributed by atoms with Gasteiger partial charge in [0.1, 0.15) is 23.7 Å². The van der Waals surface area contributed by atoms with Crippen LogP contribution in [0.1, 0.15) is 78.0 Å². The molecule has 9 nitrogen and oxygen atoms in total. The van der Waals surface area contributed by atoms with Crippen LogP contribution in [-0.2, 0) is 32.0 Å². The highest BCUT2D eigenvalue weighted by atomic mass is 16.6. The van der Waals surface area contributed by atoms with Crippen molar-refractivity contribution >= 4 is 36.1 Å². The van der Waals surface area contributed by atoms with E-state index in [1.807, 2.05) is 39.0 Å². The lowest BCUT2D eigenvalue weighted by Crippen LogP contribution is -2.59. The molecule has 1 aromatic rings. The molecule has 1 aliphatic carbocycles. The van der Waals surface area contributed by atoms with E-state index in [0.717, 1.165) is 36.8 Å². The minimum atomic E-state index is -0.966. The lowest BCUT2D eigenvalue weighted by Gasteiger charge is -2.37. The number of carbonyl (C=O) groups is 4. The predicted molar refractivity (Wildman–Crippen MR) is 156 cm³/mol. The van der Waals surface area contributed by atoms with Crippen LogP contribution in [-0.4, -0.2) is 77.7 Å². The first-order valence-corrected chi connectivity index (χ1v) is 13.9. The van der Waals surface area contributed by atoms with Crippen LogP contribution in [0, 0.1) is 5.41 Å². The molecule has 218 valence electrons. The molecule has 4 amide bonds. The summed E-state index contributed by atoms with van der Waals surface area (Å²) in [6.45, 7) is 16.0. The average molecular weight is 553 g/mol. The molecule has 0 saturated carbocycles. The van der Waals surface area contributed by atoms with E-state index in [9.17, 15) is 19.2 Å². The van der Waals surface area contributed by atoms with Gasteiger partial charge >= 0.3 is 6.09 Å². The maximum Gasteiger partial charge on any atom is 0.410 e. The van der Waals surface area contributed by atoms with Gasteiger partial charge in [0, 0.05) is 13.6 Å². The van der Waals surface area contributed by atoms with E-state index in [2.05, 4.69) is 23.1 Å². The number of carbonyl (C=O) groups excluding carboxylic acids is 4. The summed E-state index contributed by atoms with van der Waals surface area (Å²) in [5, 5.41) is 2.85. The number of likely N-dealkylation sites (N-methyl/N-ethyl adjacent to an activating group) is 1. The predicted octanol–water partition coefficient (Wildman–Crippen LogP) is 4.17. The second-order valence-electron chi connectivity index (χ2n) is 12.8. The van der Waals surface area contributed by atoms with Crippen molar-refractivity contribution in [3.63, 3.8) is 0 Å². The summed E-state index contributed by atoms with van der Waals surface area (Å²) in [4.78, 5) is 59.5. The summed E-state index contributed by atoms with van der Waals surface area (Å²) in [5.74, 6) is -1.41. The van der Waals surface area contributed by atoms with Crippen LogP contribution < -0.4 is 5.32 Å². The van der Waals surface area contributed by atoms with Crippen molar-refractivity contribution in [2.45, 2.75) is 97.9 Å². The SMILES string of the molecule is C=NC(=O)[C@@H]1C(c2cccc3c2CCCC3)=CCN1C(=O)C(NC(=O)[C@H](C)N(C)C(=O)OC(C)(C)C)C(C)(C)C. The van der Waals surface area contributed by atoms with Crippen LogP contribution >= 0.6 is 0 Å². The van der Waals surface area contributed by atoms with Gasteiger partial charge in [0.05, 0.1) is 0 Å². The maximum absolute atomic E-state index is 14.1. The smallest absolute Gasteiger partial charge is 0.410 e. The zero-order chi connectivity index (χ0) is 30.0. The summed E-state index contributed by atoms with van der Waals surface area (Å²) in [5.41, 5.74) is 2.80. The van der Waals surface area contributed by atoms with E-state index >= 15 is 0 Å². The molecule has 0 radical (unpaired) electrons. The summed E-state index contributed by atoms with van der Waals surface area (Å²) < 4.78 is 5.39. The van der Waals surface area contributed by atoms with Crippen LogP contribution in [0.4, 0.5) is 4.79 Å². The number of hydrogen-bond donors (Lipinski definition) is 1. The van der Waals surface area contributed by atoms with Crippen LogP contribution in [0.3, 0.4) is 0 Å². The van der Waals surface area contributed by atoms with E-state index in [0.29, 0.717) is 0 Å². The van der Waals surface area contributed by atoms with Crippen molar-refractivity contribution in [2.75, 3.05) is 13.6 Å². The molecule has 1 unspecified atom stereocenters. The van der Waals surface area contributed by atoms with E-state index in [1.54, 1.807) is 27.7 Å². The quantitative estimate of drug-likeness (QED) is 0.533. The van der Waals surface area contributed by atoms with Gasteiger partial charge in [0.15, 0.2) is 0 Å². The van der Waals surface area contributed by atoms with Gasteiger partial charge in [-0.15, -0.1) is 0 Å². The highest BCUT2D eigenvalue weighted by molar-refractivity contribution is 6.04. The van der Waals surface area contributed by atoms with Gasteiger partial charge in [-0.2, -0.15) is 0 Å². The molecule has 0 saturated heterocycles. The Morgan fingerprint density at radius 3 is 2.35 bits per heavy atom. The number of aliphatic imine (C=N–C) groups is 1. The number of aryl methyl sites for hydroxylation is 1. The number of ether oxygens (including phenoxy) is 1. The van der Waals surface area contributed by atoms with E-state index in [1.165, 1.54) is 28.0 Å². The molecule has 0 spiro atoms. The fourth-order valence-corrected chi connectivity index (χ4v) is 5.21. The molecule has 3 rings (SSSR count). The third-order valence-corrected chi connectivity index (χ3v) is 7.54. The number of rotatable bonds is 6. The number of fused-ring (bicyclic) bond motifs is 1. The number of benzene rings is 1. The second-order valence-corrected chi connectivity index (χ2v) is 12.8. The molecule has 1 aromatic carbocycles. The monoisotopic (exact) mass is 552 g/mol. The molecule has 3 atom stereocenters. The Morgan fingerprint density at radius 2 is 1.75 bits per heavy atom. The average Bonchev–Trinajstić information content (AvgIpc) is 3.32. The van der Waals surface area contributed by atoms with Crippen molar-refractivity contribution in [1.29, 1.82) is 0 Å². The molecule has 1 N–H and O–H groups in total. The van der Waals surface area contributed by atoms with Crippen LogP contribution in [0.25, 0.3) is 5.57 Å². The standard InChI is InChI=1S/C31H44N4O5/c1-19(34(9)29(39)40-31(5,6)7)26(36)33-25(30(2,3)4)28(38)35-18-17-23(24(35)27(37)32-8)22-16-12-14-20-13-10-11-15-21(20)22/h12,14,16-17,19,24-25H,8,10-11,13,15,18H2,1-7,9H3,(H,33,36)/t19-,24-,25?/m0/s1. The van der Waals surface area contributed by atoms with Crippen molar-refractivity contribution in [3.8, 4) is 0 Å². The van der Waals surface area contributed by atoms with Gasteiger partial charge in [0.2, 0.25) is 11.8 Å². The third kappa shape index (κ3) is 6.80. The van der Waals surface area contributed by atoms with Gasteiger partial charge in [-0.25, -0.2) is 9.79 Å². The van der Waals surface area contributed by atoms with Crippen molar-refractivity contribution in [1.82, 2.24) is 15.1 Å². The Labute approximate surface area is 238 Å². The summed E-state index contributed by atoms with van der Waals surface area (Å²) in [7, 11) is 1.48. The third-order valence-electron chi connectivity index (χ3n) is 7.54. The normalized spacial score (nSPS) is 18.6. The molecule has 9 heteroatoms. The minimum absolute atomic E-state index is 0.208. The molecule has 1 aliphatic heterocycles. The molecule has 0 bridgehead atoms. The molecular formula is C31H44N4O5. The fourth-order valence-electron chi connectivity index (χ4n) is 5.21.